The molecule has 3 heteroatoms. The number of hydrogen-bond donors (Lipinski definition) is 1. The normalized spacial score (nSPS) is 23.8. The Hall–Kier alpha value is -0.120. The van der Waals surface area contributed by atoms with E-state index in [4.69, 9.17) is 4.74 Å². The molecule has 0 aromatic rings. The fraction of sp³-hybridized carbons (Fsp3) is 1.00. The summed E-state index contributed by atoms with van der Waals surface area (Å²) in [5, 5.41) is 3.47. The molecule has 0 aromatic carbocycles. The molecule has 1 fully saturated rings. The SMILES string of the molecule is CCNC(C)CCCCN1CCOCC1CC. The van der Waals surface area contributed by atoms with Crippen molar-refractivity contribution < 1.29 is 4.74 Å². The van der Waals surface area contributed by atoms with Crippen LogP contribution < -0.4 is 5.32 Å². The van der Waals surface area contributed by atoms with Gasteiger partial charge in [0.05, 0.1) is 13.2 Å². The van der Waals surface area contributed by atoms with E-state index >= 15 is 0 Å². The zero-order chi connectivity index (χ0) is 12.5. The predicted octanol–water partition coefficient (Wildman–Crippen LogP) is 2.27. The van der Waals surface area contributed by atoms with Gasteiger partial charge in [-0.05, 0) is 39.3 Å². The molecule has 0 aliphatic carbocycles. The van der Waals surface area contributed by atoms with E-state index in [-0.39, 0.29) is 0 Å². The maximum absolute atomic E-state index is 5.53. The van der Waals surface area contributed by atoms with Crippen molar-refractivity contribution in [3.05, 3.63) is 0 Å². The molecule has 1 aliphatic heterocycles. The van der Waals surface area contributed by atoms with E-state index in [9.17, 15) is 0 Å². The van der Waals surface area contributed by atoms with Crippen LogP contribution >= 0.6 is 0 Å². The minimum absolute atomic E-state index is 0.662. The van der Waals surface area contributed by atoms with Gasteiger partial charge in [-0.2, -0.15) is 0 Å². The third kappa shape index (κ3) is 5.84. The van der Waals surface area contributed by atoms with Gasteiger partial charge in [0.25, 0.3) is 0 Å². The Kier molecular flexibility index (Phi) is 7.82. The first-order valence-electron chi connectivity index (χ1n) is 7.33. The summed E-state index contributed by atoms with van der Waals surface area (Å²) in [5.74, 6) is 0. The molecule has 1 aliphatic rings. The van der Waals surface area contributed by atoms with E-state index < -0.39 is 0 Å². The van der Waals surface area contributed by atoms with E-state index in [1.807, 2.05) is 0 Å². The quantitative estimate of drug-likeness (QED) is 0.661. The Morgan fingerprint density at radius 2 is 2.18 bits per heavy atom. The Balaban J connectivity index is 2.08. The summed E-state index contributed by atoms with van der Waals surface area (Å²) in [6.45, 7) is 12.0. The van der Waals surface area contributed by atoms with Crippen LogP contribution in [0, 0.1) is 0 Å². The molecule has 2 unspecified atom stereocenters. The van der Waals surface area contributed by atoms with Crippen LogP contribution in [0.5, 0.6) is 0 Å². The third-order valence-corrected chi connectivity index (χ3v) is 3.71. The highest BCUT2D eigenvalue weighted by Gasteiger charge is 2.20. The Bertz CT molecular complexity index is 187. The van der Waals surface area contributed by atoms with Crippen LogP contribution in [0.1, 0.15) is 46.5 Å². The first-order valence-corrected chi connectivity index (χ1v) is 7.33. The molecule has 3 nitrogen and oxygen atoms in total. The lowest BCUT2D eigenvalue weighted by Crippen LogP contribution is -2.45. The van der Waals surface area contributed by atoms with Crippen molar-refractivity contribution in [2.75, 3.05) is 32.8 Å². The van der Waals surface area contributed by atoms with Crippen molar-refractivity contribution in [2.24, 2.45) is 0 Å². The topological polar surface area (TPSA) is 24.5 Å². The summed E-state index contributed by atoms with van der Waals surface area (Å²) in [6.07, 6.45) is 5.18. The van der Waals surface area contributed by atoms with Crippen LogP contribution in [0.2, 0.25) is 0 Å². The molecule has 1 N–H and O–H groups in total. The number of morpholine rings is 1. The fourth-order valence-electron chi connectivity index (χ4n) is 2.58. The van der Waals surface area contributed by atoms with Gasteiger partial charge >= 0.3 is 0 Å². The second-order valence-electron chi connectivity index (χ2n) is 5.13. The van der Waals surface area contributed by atoms with Crippen LogP contribution in [0.4, 0.5) is 0 Å². The second-order valence-corrected chi connectivity index (χ2v) is 5.13. The summed E-state index contributed by atoms with van der Waals surface area (Å²) in [4.78, 5) is 2.61. The van der Waals surface area contributed by atoms with Crippen molar-refractivity contribution in [1.29, 1.82) is 0 Å². The molecule has 0 saturated carbocycles. The van der Waals surface area contributed by atoms with Gasteiger partial charge in [0.2, 0.25) is 0 Å². The summed E-state index contributed by atoms with van der Waals surface area (Å²) in [7, 11) is 0. The highest BCUT2D eigenvalue weighted by Crippen LogP contribution is 2.12. The molecule has 0 radical (unpaired) electrons. The van der Waals surface area contributed by atoms with Crippen molar-refractivity contribution in [2.45, 2.75) is 58.5 Å². The Morgan fingerprint density at radius 1 is 1.35 bits per heavy atom. The number of unbranched alkanes of at least 4 members (excludes halogenated alkanes) is 1. The van der Waals surface area contributed by atoms with Crippen molar-refractivity contribution in [3.63, 3.8) is 0 Å². The number of nitrogens with zero attached hydrogens (tertiary/aromatic N) is 1. The average Bonchev–Trinajstić information content (AvgIpc) is 2.35. The van der Waals surface area contributed by atoms with Crippen LogP contribution in [-0.2, 0) is 4.74 Å². The zero-order valence-electron chi connectivity index (χ0n) is 11.9. The van der Waals surface area contributed by atoms with Crippen molar-refractivity contribution in [1.82, 2.24) is 10.2 Å². The van der Waals surface area contributed by atoms with Gasteiger partial charge in [0, 0.05) is 18.6 Å². The molecular weight excluding hydrogens is 212 g/mol. The summed E-state index contributed by atoms with van der Waals surface area (Å²) in [5.41, 5.74) is 0. The van der Waals surface area contributed by atoms with Crippen LogP contribution in [0.15, 0.2) is 0 Å². The molecule has 0 amide bonds. The van der Waals surface area contributed by atoms with Crippen LogP contribution in [-0.4, -0.2) is 49.8 Å². The van der Waals surface area contributed by atoms with E-state index in [0.717, 1.165) is 26.3 Å². The molecule has 102 valence electrons. The first-order chi connectivity index (χ1) is 8.27. The average molecular weight is 242 g/mol. The monoisotopic (exact) mass is 242 g/mol. The molecule has 17 heavy (non-hydrogen) atoms. The van der Waals surface area contributed by atoms with Gasteiger partial charge in [-0.1, -0.05) is 20.3 Å². The predicted molar refractivity (Wildman–Crippen MR) is 73.5 cm³/mol. The molecule has 0 spiro atoms. The molecule has 1 saturated heterocycles. The number of ether oxygens (including phenoxy) is 1. The highest BCUT2D eigenvalue weighted by atomic mass is 16.5. The molecule has 1 rings (SSSR count). The highest BCUT2D eigenvalue weighted by molar-refractivity contribution is 4.74. The number of nitrogens with one attached hydrogen (secondary N) is 1. The molecular formula is C14H30N2O. The molecule has 1 heterocycles. The van der Waals surface area contributed by atoms with E-state index in [1.54, 1.807) is 0 Å². The number of rotatable bonds is 8. The maximum Gasteiger partial charge on any atom is 0.0622 e. The van der Waals surface area contributed by atoms with Gasteiger partial charge in [-0.15, -0.1) is 0 Å². The van der Waals surface area contributed by atoms with Crippen molar-refractivity contribution in [3.8, 4) is 0 Å². The minimum Gasteiger partial charge on any atom is -0.378 e. The first kappa shape index (κ1) is 14.9. The van der Waals surface area contributed by atoms with E-state index in [2.05, 4.69) is 31.0 Å². The number of hydrogen-bond acceptors (Lipinski definition) is 3. The molecule has 0 aromatic heterocycles. The Labute approximate surface area is 107 Å². The largest absolute Gasteiger partial charge is 0.378 e. The lowest BCUT2D eigenvalue weighted by Gasteiger charge is -2.35. The maximum atomic E-state index is 5.53. The van der Waals surface area contributed by atoms with E-state index in [0.29, 0.717) is 12.1 Å². The van der Waals surface area contributed by atoms with E-state index in [1.165, 1.54) is 32.2 Å². The van der Waals surface area contributed by atoms with Gasteiger partial charge < -0.3 is 10.1 Å². The van der Waals surface area contributed by atoms with Crippen molar-refractivity contribution >= 4 is 0 Å². The lowest BCUT2D eigenvalue weighted by molar-refractivity contribution is -0.00922. The minimum atomic E-state index is 0.662. The molecule has 0 bridgehead atoms. The van der Waals surface area contributed by atoms with Gasteiger partial charge in [-0.25, -0.2) is 0 Å². The Morgan fingerprint density at radius 3 is 2.88 bits per heavy atom. The van der Waals surface area contributed by atoms with Gasteiger partial charge in [0.1, 0.15) is 0 Å². The van der Waals surface area contributed by atoms with Crippen LogP contribution in [0.3, 0.4) is 0 Å². The molecule has 2 atom stereocenters. The summed E-state index contributed by atoms with van der Waals surface area (Å²) < 4.78 is 5.53. The fourth-order valence-corrected chi connectivity index (χ4v) is 2.58. The lowest BCUT2D eigenvalue weighted by atomic mass is 10.1. The summed E-state index contributed by atoms with van der Waals surface area (Å²) >= 11 is 0. The van der Waals surface area contributed by atoms with Gasteiger partial charge in [-0.3, -0.25) is 4.90 Å². The third-order valence-electron chi connectivity index (χ3n) is 3.71. The second kappa shape index (κ2) is 8.90. The van der Waals surface area contributed by atoms with Gasteiger partial charge in [0.15, 0.2) is 0 Å². The smallest absolute Gasteiger partial charge is 0.0622 e. The zero-order valence-corrected chi connectivity index (χ0v) is 11.9. The standard InChI is InChI=1S/C14H30N2O/c1-4-14-12-17-11-10-16(14)9-7-6-8-13(3)15-5-2/h13-15H,4-12H2,1-3H3. The van der Waals surface area contributed by atoms with Crippen LogP contribution in [0.25, 0.3) is 0 Å². The summed E-state index contributed by atoms with van der Waals surface area (Å²) in [6, 6.07) is 1.33.